The molecule has 1 aromatic carbocycles. The Balaban J connectivity index is 2.12. The van der Waals surface area contributed by atoms with Crippen molar-refractivity contribution < 1.29 is 8.81 Å². The minimum atomic E-state index is -0.440. The number of nitrogens with two attached hydrogens (primary N) is 1. The standard InChI is InChI=1S/C12H10Cl2FNO/c13-8-5-7(1-2-9(8)15)6-10(16)11-3-4-12(14)17-11/h1-5,10H,6,16H2. The van der Waals surface area contributed by atoms with E-state index in [1.54, 1.807) is 24.3 Å². The van der Waals surface area contributed by atoms with Gasteiger partial charge in [0.15, 0.2) is 5.22 Å². The maximum Gasteiger partial charge on any atom is 0.193 e. The molecule has 0 saturated carbocycles. The maximum absolute atomic E-state index is 13.0. The van der Waals surface area contributed by atoms with E-state index in [0.717, 1.165) is 5.56 Å². The van der Waals surface area contributed by atoms with Gasteiger partial charge in [-0.25, -0.2) is 4.39 Å². The first-order valence-electron chi connectivity index (χ1n) is 5.01. The van der Waals surface area contributed by atoms with Gasteiger partial charge in [-0.3, -0.25) is 0 Å². The van der Waals surface area contributed by atoms with Crippen LogP contribution in [0, 0.1) is 5.82 Å². The van der Waals surface area contributed by atoms with Crippen LogP contribution in [0.5, 0.6) is 0 Å². The van der Waals surface area contributed by atoms with Gasteiger partial charge < -0.3 is 10.2 Å². The summed E-state index contributed by atoms with van der Waals surface area (Å²) in [6, 6.07) is 7.54. The highest BCUT2D eigenvalue weighted by atomic mass is 35.5. The van der Waals surface area contributed by atoms with Crippen molar-refractivity contribution in [2.75, 3.05) is 0 Å². The second-order valence-corrected chi connectivity index (χ2v) is 4.48. The Bertz CT molecular complexity index is 527. The van der Waals surface area contributed by atoms with Gasteiger partial charge in [0.2, 0.25) is 0 Å². The Kier molecular flexibility index (Phi) is 3.72. The van der Waals surface area contributed by atoms with Crippen molar-refractivity contribution in [2.45, 2.75) is 12.5 Å². The van der Waals surface area contributed by atoms with Crippen molar-refractivity contribution >= 4 is 23.2 Å². The molecule has 5 heteroatoms. The molecule has 1 heterocycles. The van der Waals surface area contributed by atoms with Crippen molar-refractivity contribution in [2.24, 2.45) is 5.73 Å². The summed E-state index contributed by atoms with van der Waals surface area (Å²) in [5.41, 5.74) is 6.78. The average molecular weight is 274 g/mol. The minimum Gasteiger partial charge on any atom is -0.448 e. The van der Waals surface area contributed by atoms with E-state index in [2.05, 4.69) is 0 Å². The molecule has 90 valence electrons. The summed E-state index contributed by atoms with van der Waals surface area (Å²) in [5.74, 6) is 0.153. The van der Waals surface area contributed by atoms with Gasteiger partial charge in [-0.2, -0.15) is 0 Å². The molecular weight excluding hydrogens is 264 g/mol. The highest BCUT2D eigenvalue weighted by molar-refractivity contribution is 6.30. The number of furan rings is 1. The van der Waals surface area contributed by atoms with Crippen LogP contribution in [0.3, 0.4) is 0 Å². The van der Waals surface area contributed by atoms with Crippen LogP contribution < -0.4 is 5.73 Å². The Labute approximate surface area is 108 Å². The molecule has 2 nitrogen and oxygen atoms in total. The molecule has 0 spiro atoms. The van der Waals surface area contributed by atoms with Crippen molar-refractivity contribution in [1.82, 2.24) is 0 Å². The molecule has 0 aliphatic carbocycles. The van der Waals surface area contributed by atoms with Crippen molar-refractivity contribution in [3.8, 4) is 0 Å². The van der Waals surface area contributed by atoms with Gasteiger partial charge in [0.05, 0.1) is 11.1 Å². The zero-order valence-corrected chi connectivity index (χ0v) is 10.3. The summed E-state index contributed by atoms with van der Waals surface area (Å²) in [6.07, 6.45) is 0.504. The third-order valence-corrected chi connectivity index (χ3v) is 2.89. The Morgan fingerprint density at radius 3 is 2.59 bits per heavy atom. The number of hydrogen-bond donors (Lipinski definition) is 1. The molecule has 0 amide bonds. The zero-order valence-electron chi connectivity index (χ0n) is 8.79. The third kappa shape index (κ3) is 3.00. The van der Waals surface area contributed by atoms with Crippen LogP contribution >= 0.6 is 23.2 Å². The lowest BCUT2D eigenvalue weighted by Gasteiger charge is -2.09. The molecule has 0 bridgehead atoms. The molecule has 0 saturated heterocycles. The molecule has 0 fully saturated rings. The van der Waals surface area contributed by atoms with Crippen LogP contribution in [0.15, 0.2) is 34.7 Å². The van der Waals surface area contributed by atoms with Gasteiger partial charge in [0.25, 0.3) is 0 Å². The molecule has 0 aliphatic rings. The lowest BCUT2D eigenvalue weighted by molar-refractivity contribution is 0.466. The van der Waals surface area contributed by atoms with Gasteiger partial charge in [0.1, 0.15) is 11.6 Å². The lowest BCUT2D eigenvalue weighted by atomic mass is 10.0. The Morgan fingerprint density at radius 1 is 1.24 bits per heavy atom. The second kappa shape index (κ2) is 5.08. The number of rotatable bonds is 3. The molecule has 2 aromatic rings. The summed E-state index contributed by atoms with van der Waals surface area (Å²) >= 11 is 11.3. The van der Waals surface area contributed by atoms with Crippen LogP contribution in [0.4, 0.5) is 4.39 Å². The topological polar surface area (TPSA) is 39.2 Å². The van der Waals surface area contributed by atoms with Crippen LogP contribution in [-0.4, -0.2) is 0 Å². The molecule has 17 heavy (non-hydrogen) atoms. The summed E-state index contributed by atoms with van der Waals surface area (Å²) in [4.78, 5) is 0. The van der Waals surface area contributed by atoms with Gasteiger partial charge in [-0.05, 0) is 47.9 Å². The van der Waals surface area contributed by atoms with E-state index in [0.29, 0.717) is 17.4 Å². The SMILES string of the molecule is NC(Cc1ccc(F)c(Cl)c1)c1ccc(Cl)o1. The van der Waals surface area contributed by atoms with Crippen LogP contribution in [0.25, 0.3) is 0 Å². The third-order valence-electron chi connectivity index (χ3n) is 2.40. The molecule has 0 aliphatic heterocycles. The second-order valence-electron chi connectivity index (χ2n) is 3.70. The van der Waals surface area contributed by atoms with E-state index in [1.165, 1.54) is 6.07 Å². The first-order chi connectivity index (χ1) is 8.06. The molecule has 1 unspecified atom stereocenters. The van der Waals surface area contributed by atoms with Crippen molar-refractivity contribution in [1.29, 1.82) is 0 Å². The smallest absolute Gasteiger partial charge is 0.193 e. The normalized spacial score (nSPS) is 12.7. The monoisotopic (exact) mass is 273 g/mol. The molecule has 1 aromatic heterocycles. The van der Waals surface area contributed by atoms with Crippen molar-refractivity contribution in [3.63, 3.8) is 0 Å². The summed E-state index contributed by atoms with van der Waals surface area (Å²) < 4.78 is 18.2. The molecule has 2 N–H and O–H groups in total. The summed E-state index contributed by atoms with van der Waals surface area (Å²) in [5, 5.41) is 0.389. The highest BCUT2D eigenvalue weighted by Gasteiger charge is 2.12. The van der Waals surface area contributed by atoms with E-state index >= 15 is 0 Å². The Morgan fingerprint density at radius 2 is 2.00 bits per heavy atom. The zero-order chi connectivity index (χ0) is 12.4. The summed E-state index contributed by atoms with van der Waals surface area (Å²) in [7, 11) is 0. The number of benzene rings is 1. The van der Waals surface area contributed by atoms with Gasteiger partial charge in [-0.1, -0.05) is 17.7 Å². The first-order valence-corrected chi connectivity index (χ1v) is 5.76. The summed E-state index contributed by atoms with van der Waals surface area (Å²) in [6.45, 7) is 0. The molecule has 1 atom stereocenters. The van der Waals surface area contributed by atoms with Gasteiger partial charge in [-0.15, -0.1) is 0 Å². The molecule has 0 radical (unpaired) electrons. The predicted molar refractivity (Wildman–Crippen MR) is 65.8 cm³/mol. The van der Waals surface area contributed by atoms with Crippen LogP contribution in [-0.2, 0) is 6.42 Å². The highest BCUT2D eigenvalue weighted by Crippen LogP contribution is 2.23. The Hall–Kier alpha value is -1.03. The van der Waals surface area contributed by atoms with E-state index in [-0.39, 0.29) is 11.1 Å². The average Bonchev–Trinajstić information content (AvgIpc) is 2.70. The minimum absolute atomic E-state index is 0.0900. The van der Waals surface area contributed by atoms with Crippen molar-refractivity contribution in [3.05, 3.63) is 57.7 Å². The quantitative estimate of drug-likeness (QED) is 0.919. The van der Waals surface area contributed by atoms with Crippen LogP contribution in [0.2, 0.25) is 10.2 Å². The van der Waals surface area contributed by atoms with Gasteiger partial charge >= 0.3 is 0 Å². The van der Waals surface area contributed by atoms with Crippen LogP contribution in [0.1, 0.15) is 17.4 Å². The van der Waals surface area contributed by atoms with E-state index in [9.17, 15) is 4.39 Å². The fourth-order valence-electron chi connectivity index (χ4n) is 1.55. The maximum atomic E-state index is 13.0. The number of hydrogen-bond acceptors (Lipinski definition) is 2. The predicted octanol–water partition coefficient (Wildman–Crippen LogP) is 3.97. The van der Waals surface area contributed by atoms with Gasteiger partial charge in [0, 0.05) is 0 Å². The van der Waals surface area contributed by atoms with E-state index in [4.69, 9.17) is 33.4 Å². The fraction of sp³-hybridized carbons (Fsp3) is 0.167. The van der Waals surface area contributed by atoms with E-state index < -0.39 is 5.82 Å². The fourth-order valence-corrected chi connectivity index (χ4v) is 1.90. The number of halogens is 3. The molecule has 2 rings (SSSR count). The largest absolute Gasteiger partial charge is 0.448 e. The molecular formula is C12H10Cl2FNO. The first kappa shape index (κ1) is 12.4. The van der Waals surface area contributed by atoms with E-state index in [1.807, 2.05) is 0 Å². The lowest BCUT2D eigenvalue weighted by Crippen LogP contribution is -2.12.